The third-order valence-electron chi connectivity index (χ3n) is 4.41. The van der Waals surface area contributed by atoms with E-state index in [0.717, 1.165) is 44.9 Å². The number of aromatic nitrogens is 2. The van der Waals surface area contributed by atoms with Crippen molar-refractivity contribution in [3.05, 3.63) is 46.1 Å². The quantitative estimate of drug-likeness (QED) is 0.614. The molecule has 0 N–H and O–H groups in total. The minimum Gasteiger partial charge on any atom is -0.361 e. The van der Waals surface area contributed by atoms with Crippen molar-refractivity contribution in [2.75, 3.05) is 17.7 Å². The predicted molar refractivity (Wildman–Crippen MR) is 104 cm³/mol. The van der Waals surface area contributed by atoms with Gasteiger partial charge in [-0.1, -0.05) is 0 Å². The van der Waals surface area contributed by atoms with Gasteiger partial charge in [0, 0.05) is 24.7 Å². The summed E-state index contributed by atoms with van der Waals surface area (Å²) >= 11 is 5.12. The number of halogens is 1. The molecule has 1 aliphatic heterocycles. The van der Waals surface area contributed by atoms with Crippen LogP contribution >= 0.6 is 27.3 Å². The molecule has 1 fully saturated rings. The van der Waals surface area contributed by atoms with E-state index >= 15 is 0 Å². The van der Waals surface area contributed by atoms with Crippen LogP contribution in [0.2, 0.25) is 0 Å². The Hall–Kier alpha value is -1.51. The summed E-state index contributed by atoms with van der Waals surface area (Å²) in [6.45, 7) is 0.914. The van der Waals surface area contributed by atoms with E-state index in [-0.39, 0.29) is 6.04 Å². The number of rotatable bonds is 3. The van der Waals surface area contributed by atoms with Crippen molar-refractivity contribution in [2.45, 2.75) is 23.8 Å². The zero-order valence-corrected chi connectivity index (χ0v) is 16.7. The number of fused-ring (bicyclic) bond motifs is 1. The molecule has 0 saturated carbocycles. The van der Waals surface area contributed by atoms with Gasteiger partial charge in [0.25, 0.3) is 0 Å². The van der Waals surface area contributed by atoms with Crippen molar-refractivity contribution in [1.82, 2.24) is 9.97 Å². The van der Waals surface area contributed by atoms with Crippen LogP contribution in [0.15, 0.2) is 45.2 Å². The molecular weight excluding hydrogens is 422 g/mol. The fraction of sp³-hybridized carbons (Fsp3) is 0.294. The maximum atomic E-state index is 11.6. The minimum absolute atomic E-state index is 0.118. The second-order valence-corrected chi connectivity index (χ2v) is 10.6. The number of nitrogens with zero attached hydrogens (tertiary/aromatic N) is 3. The lowest BCUT2D eigenvalue weighted by molar-refractivity contribution is 0.602. The van der Waals surface area contributed by atoms with E-state index < -0.39 is 9.84 Å². The van der Waals surface area contributed by atoms with Crippen LogP contribution in [-0.4, -0.2) is 31.2 Å². The number of hydrogen-bond acceptors (Lipinski definition) is 6. The van der Waals surface area contributed by atoms with Gasteiger partial charge >= 0.3 is 0 Å². The Morgan fingerprint density at radius 2 is 2.04 bits per heavy atom. The van der Waals surface area contributed by atoms with E-state index in [1.165, 1.54) is 6.26 Å². The van der Waals surface area contributed by atoms with Gasteiger partial charge < -0.3 is 4.90 Å². The van der Waals surface area contributed by atoms with Crippen LogP contribution in [0, 0.1) is 0 Å². The third kappa shape index (κ3) is 3.30. The van der Waals surface area contributed by atoms with Crippen molar-refractivity contribution in [3.8, 4) is 0 Å². The lowest BCUT2D eigenvalue weighted by Gasteiger charge is -2.25. The van der Waals surface area contributed by atoms with Crippen molar-refractivity contribution in [3.63, 3.8) is 0 Å². The first kappa shape index (κ1) is 16.9. The Morgan fingerprint density at radius 3 is 2.76 bits per heavy atom. The highest BCUT2D eigenvalue weighted by molar-refractivity contribution is 9.11. The molecule has 0 aliphatic carbocycles. The fourth-order valence-corrected chi connectivity index (χ4v) is 5.28. The summed E-state index contributed by atoms with van der Waals surface area (Å²) in [6, 6.07) is 9.21. The van der Waals surface area contributed by atoms with Crippen LogP contribution in [0.3, 0.4) is 0 Å². The Morgan fingerprint density at radius 1 is 1.28 bits per heavy atom. The van der Waals surface area contributed by atoms with Crippen molar-refractivity contribution in [2.24, 2.45) is 0 Å². The standard InChI is InChI=1S/C17H16BrN3O2S2/c1-25(22,23)12-6-4-11(5-7-12)21-8-2-3-14(21)17-19-10-15-13(20-17)9-16(18)24-15/h4-7,9-10,14H,2-3,8H2,1H3. The zero-order chi connectivity index (χ0) is 17.6. The Labute approximate surface area is 158 Å². The van der Waals surface area contributed by atoms with Crippen molar-refractivity contribution < 1.29 is 8.42 Å². The zero-order valence-electron chi connectivity index (χ0n) is 13.5. The monoisotopic (exact) mass is 437 g/mol. The Bertz CT molecular complexity index is 1030. The van der Waals surface area contributed by atoms with Crippen LogP contribution < -0.4 is 4.90 Å². The maximum absolute atomic E-state index is 11.6. The molecule has 1 aromatic carbocycles. The summed E-state index contributed by atoms with van der Waals surface area (Å²) < 4.78 is 25.4. The summed E-state index contributed by atoms with van der Waals surface area (Å²) in [5, 5.41) is 0. The predicted octanol–water partition coefficient (Wildman–Crippen LogP) is 4.20. The molecule has 1 aliphatic rings. The van der Waals surface area contributed by atoms with Gasteiger partial charge in [0.05, 0.1) is 24.9 Å². The molecule has 0 radical (unpaired) electrons. The van der Waals surface area contributed by atoms with Gasteiger partial charge in [-0.25, -0.2) is 18.4 Å². The van der Waals surface area contributed by atoms with Crippen LogP contribution in [0.1, 0.15) is 24.7 Å². The average Bonchev–Trinajstić information content (AvgIpc) is 3.18. The molecule has 1 atom stereocenters. The molecule has 3 heterocycles. The normalized spacial score (nSPS) is 18.2. The second-order valence-electron chi connectivity index (χ2n) is 6.15. The average molecular weight is 438 g/mol. The van der Waals surface area contributed by atoms with E-state index in [1.807, 2.05) is 24.4 Å². The van der Waals surface area contributed by atoms with Crippen LogP contribution in [-0.2, 0) is 9.84 Å². The molecule has 5 nitrogen and oxygen atoms in total. The fourth-order valence-electron chi connectivity index (χ4n) is 3.21. The molecular formula is C17H16BrN3O2S2. The SMILES string of the molecule is CS(=O)(=O)c1ccc(N2CCCC2c2ncc3sc(Br)cc3n2)cc1. The summed E-state index contributed by atoms with van der Waals surface area (Å²) in [7, 11) is -3.18. The van der Waals surface area contributed by atoms with Crippen molar-refractivity contribution in [1.29, 1.82) is 0 Å². The highest BCUT2D eigenvalue weighted by atomic mass is 79.9. The molecule has 8 heteroatoms. The second kappa shape index (κ2) is 6.34. The molecule has 3 aromatic rings. The number of anilines is 1. The smallest absolute Gasteiger partial charge is 0.175 e. The molecule has 130 valence electrons. The van der Waals surface area contributed by atoms with Gasteiger partial charge in [-0.2, -0.15) is 0 Å². The molecule has 0 amide bonds. The van der Waals surface area contributed by atoms with E-state index in [4.69, 9.17) is 4.98 Å². The maximum Gasteiger partial charge on any atom is 0.175 e. The van der Waals surface area contributed by atoms with Crippen LogP contribution in [0.4, 0.5) is 5.69 Å². The highest BCUT2D eigenvalue weighted by Crippen LogP contribution is 2.36. The van der Waals surface area contributed by atoms with Gasteiger partial charge in [0.2, 0.25) is 0 Å². The summed E-state index contributed by atoms with van der Waals surface area (Å²) in [5.74, 6) is 0.822. The minimum atomic E-state index is -3.18. The molecule has 1 saturated heterocycles. The number of hydrogen-bond donors (Lipinski definition) is 0. The van der Waals surface area contributed by atoms with Crippen LogP contribution in [0.5, 0.6) is 0 Å². The van der Waals surface area contributed by atoms with Crippen molar-refractivity contribution >= 4 is 53.0 Å². The molecule has 0 bridgehead atoms. The molecule has 4 rings (SSSR count). The number of thiophene rings is 1. The van der Waals surface area contributed by atoms with Crippen LogP contribution in [0.25, 0.3) is 10.2 Å². The largest absolute Gasteiger partial charge is 0.361 e. The van der Waals surface area contributed by atoms with Gasteiger partial charge in [0.15, 0.2) is 15.7 Å². The third-order valence-corrected chi connectivity index (χ3v) is 7.10. The topological polar surface area (TPSA) is 63.2 Å². The highest BCUT2D eigenvalue weighted by Gasteiger charge is 2.29. The summed E-state index contributed by atoms with van der Waals surface area (Å²) in [6.07, 6.45) is 5.16. The number of benzene rings is 1. The lowest BCUT2D eigenvalue weighted by Crippen LogP contribution is -2.24. The van der Waals surface area contributed by atoms with E-state index in [1.54, 1.807) is 23.5 Å². The molecule has 2 aromatic heterocycles. The first-order valence-electron chi connectivity index (χ1n) is 7.90. The van der Waals surface area contributed by atoms with Gasteiger partial charge in [-0.05, 0) is 59.1 Å². The van der Waals surface area contributed by atoms with E-state index in [9.17, 15) is 8.42 Å². The Balaban J connectivity index is 1.67. The first-order chi connectivity index (χ1) is 11.9. The summed E-state index contributed by atoms with van der Waals surface area (Å²) in [5.41, 5.74) is 1.96. The van der Waals surface area contributed by atoms with Gasteiger partial charge in [0.1, 0.15) is 0 Å². The molecule has 25 heavy (non-hydrogen) atoms. The van der Waals surface area contributed by atoms with E-state index in [2.05, 4.69) is 25.8 Å². The van der Waals surface area contributed by atoms with Gasteiger partial charge in [-0.15, -0.1) is 11.3 Å². The molecule has 0 spiro atoms. The van der Waals surface area contributed by atoms with E-state index in [0.29, 0.717) is 4.90 Å². The molecule has 1 unspecified atom stereocenters. The Kier molecular flexibility index (Phi) is 4.29. The van der Waals surface area contributed by atoms with Gasteiger partial charge in [-0.3, -0.25) is 0 Å². The summed E-state index contributed by atoms with van der Waals surface area (Å²) in [4.78, 5) is 11.9. The lowest BCUT2D eigenvalue weighted by atomic mass is 10.2. The number of sulfone groups is 1. The first-order valence-corrected chi connectivity index (χ1v) is 11.4.